The number of hydrogen-bond donors (Lipinski definition) is 1. The average Bonchev–Trinajstić information content (AvgIpc) is 2.85. The fourth-order valence-electron chi connectivity index (χ4n) is 2.63. The van der Waals surface area contributed by atoms with Gasteiger partial charge in [0.2, 0.25) is 5.91 Å². The Morgan fingerprint density at radius 2 is 2.28 bits per heavy atom. The molecule has 1 fully saturated rings. The largest absolute Gasteiger partial charge is 0.311 e. The Bertz CT molecular complexity index is 443. The molecule has 1 unspecified atom stereocenters. The van der Waals surface area contributed by atoms with Crippen LogP contribution in [0.25, 0.3) is 0 Å². The Balaban J connectivity index is 1.88. The van der Waals surface area contributed by atoms with Crippen LogP contribution in [-0.4, -0.2) is 30.0 Å². The number of thioether (sulfide) groups is 1. The molecule has 18 heavy (non-hydrogen) atoms. The Morgan fingerprint density at radius 1 is 1.39 bits per heavy atom. The van der Waals surface area contributed by atoms with Gasteiger partial charge in [0.25, 0.3) is 0 Å². The van der Waals surface area contributed by atoms with E-state index in [4.69, 9.17) is 0 Å². The van der Waals surface area contributed by atoms with E-state index in [1.165, 1.54) is 12.0 Å². The highest BCUT2D eigenvalue weighted by molar-refractivity contribution is 8.00. The minimum absolute atomic E-state index is 0.177. The van der Waals surface area contributed by atoms with Gasteiger partial charge in [-0.2, -0.15) is 0 Å². The average molecular weight is 262 g/mol. The summed E-state index contributed by atoms with van der Waals surface area (Å²) in [7, 11) is 0. The lowest BCUT2D eigenvalue weighted by Crippen LogP contribution is -2.39. The molecular formula is C14H18N2OS. The van der Waals surface area contributed by atoms with Crippen molar-refractivity contribution in [2.45, 2.75) is 24.6 Å². The molecule has 0 bridgehead atoms. The van der Waals surface area contributed by atoms with E-state index in [2.05, 4.69) is 17.4 Å². The summed E-state index contributed by atoms with van der Waals surface area (Å²) in [4.78, 5) is 14.6. The third kappa shape index (κ3) is 2.27. The number of para-hydroxylation sites is 1. The zero-order valence-corrected chi connectivity index (χ0v) is 11.2. The van der Waals surface area contributed by atoms with E-state index < -0.39 is 0 Å². The summed E-state index contributed by atoms with van der Waals surface area (Å²) in [6, 6.07) is 8.24. The molecule has 4 heteroatoms. The number of hydrogen-bond acceptors (Lipinski definition) is 3. The van der Waals surface area contributed by atoms with Gasteiger partial charge in [0.05, 0.1) is 5.25 Å². The topological polar surface area (TPSA) is 32.3 Å². The van der Waals surface area contributed by atoms with Gasteiger partial charge in [0.15, 0.2) is 0 Å². The van der Waals surface area contributed by atoms with E-state index in [1.807, 2.05) is 28.8 Å². The van der Waals surface area contributed by atoms with Gasteiger partial charge < -0.3 is 10.2 Å². The number of nitrogens with one attached hydrogen (secondary N) is 1. The molecular weight excluding hydrogens is 244 g/mol. The first-order valence-corrected chi connectivity index (χ1v) is 7.63. The molecule has 1 amide bonds. The summed E-state index contributed by atoms with van der Waals surface area (Å²) in [5.74, 6) is 1.43. The zero-order chi connectivity index (χ0) is 12.4. The minimum atomic E-state index is 0.177. The van der Waals surface area contributed by atoms with E-state index in [0.29, 0.717) is 5.91 Å². The lowest BCUT2D eigenvalue weighted by atomic mass is 10.1. The molecule has 2 aliphatic heterocycles. The quantitative estimate of drug-likeness (QED) is 0.840. The van der Waals surface area contributed by atoms with Crippen LogP contribution in [0.2, 0.25) is 0 Å². The van der Waals surface area contributed by atoms with Crippen molar-refractivity contribution in [3.05, 3.63) is 29.8 Å². The number of fused-ring (bicyclic) bond motifs is 1. The highest BCUT2D eigenvalue weighted by Crippen LogP contribution is 2.31. The Hall–Kier alpha value is -1.00. The van der Waals surface area contributed by atoms with Gasteiger partial charge in [-0.25, -0.2) is 0 Å². The predicted octanol–water partition coefficient (Wildman–Crippen LogP) is 2.02. The van der Waals surface area contributed by atoms with Crippen molar-refractivity contribution in [1.29, 1.82) is 0 Å². The predicted molar refractivity (Wildman–Crippen MR) is 76.0 cm³/mol. The van der Waals surface area contributed by atoms with Gasteiger partial charge >= 0.3 is 0 Å². The summed E-state index contributed by atoms with van der Waals surface area (Å²) < 4.78 is 0. The molecule has 0 spiro atoms. The molecule has 1 atom stereocenters. The number of nitrogens with zero attached hydrogens (tertiary/aromatic N) is 1. The summed E-state index contributed by atoms with van der Waals surface area (Å²) >= 11 is 1.81. The van der Waals surface area contributed by atoms with Crippen molar-refractivity contribution in [3.63, 3.8) is 0 Å². The molecule has 1 N–H and O–H groups in total. The SMILES string of the molecule is O=C(C1CCCS1)N1CCNCc2ccccc21. The van der Waals surface area contributed by atoms with Gasteiger partial charge in [0, 0.05) is 25.3 Å². The lowest BCUT2D eigenvalue weighted by molar-refractivity contribution is -0.118. The fraction of sp³-hybridized carbons (Fsp3) is 0.500. The fourth-order valence-corrected chi connectivity index (χ4v) is 3.85. The summed E-state index contributed by atoms with van der Waals surface area (Å²) in [5, 5.41) is 3.56. The molecule has 3 rings (SSSR count). The Kier molecular flexibility index (Phi) is 3.57. The van der Waals surface area contributed by atoms with Crippen LogP contribution in [0.4, 0.5) is 5.69 Å². The molecule has 0 aliphatic carbocycles. The monoisotopic (exact) mass is 262 g/mol. The number of carbonyl (C=O) groups is 1. The van der Waals surface area contributed by atoms with Gasteiger partial charge in [-0.05, 0) is 30.2 Å². The van der Waals surface area contributed by atoms with Crippen molar-refractivity contribution in [2.24, 2.45) is 0 Å². The maximum Gasteiger partial charge on any atom is 0.240 e. The second kappa shape index (κ2) is 5.33. The minimum Gasteiger partial charge on any atom is -0.311 e. The van der Waals surface area contributed by atoms with Gasteiger partial charge in [-0.3, -0.25) is 4.79 Å². The Labute approximate surface area is 112 Å². The molecule has 2 heterocycles. The van der Waals surface area contributed by atoms with E-state index in [-0.39, 0.29) is 5.25 Å². The number of benzene rings is 1. The van der Waals surface area contributed by atoms with Crippen molar-refractivity contribution in [3.8, 4) is 0 Å². The van der Waals surface area contributed by atoms with Gasteiger partial charge in [-0.15, -0.1) is 11.8 Å². The van der Waals surface area contributed by atoms with E-state index in [9.17, 15) is 4.79 Å². The van der Waals surface area contributed by atoms with Crippen LogP contribution in [-0.2, 0) is 11.3 Å². The second-order valence-electron chi connectivity index (χ2n) is 4.80. The first kappa shape index (κ1) is 12.1. The van der Waals surface area contributed by atoms with Crippen LogP contribution in [0.5, 0.6) is 0 Å². The molecule has 2 aliphatic rings. The van der Waals surface area contributed by atoms with Crippen molar-refractivity contribution in [1.82, 2.24) is 5.32 Å². The number of rotatable bonds is 1. The maximum atomic E-state index is 12.6. The third-order valence-electron chi connectivity index (χ3n) is 3.58. The van der Waals surface area contributed by atoms with E-state index in [1.54, 1.807) is 0 Å². The van der Waals surface area contributed by atoms with E-state index in [0.717, 1.165) is 37.5 Å². The molecule has 3 nitrogen and oxygen atoms in total. The zero-order valence-electron chi connectivity index (χ0n) is 10.4. The van der Waals surface area contributed by atoms with Crippen LogP contribution in [0.1, 0.15) is 18.4 Å². The summed E-state index contributed by atoms with van der Waals surface area (Å²) in [6.07, 6.45) is 2.21. The standard InChI is InChI=1S/C14H18N2OS/c17-14(13-6-3-9-18-13)16-8-7-15-10-11-4-1-2-5-12(11)16/h1-2,4-5,13,15H,3,6-10H2. The molecule has 0 saturated carbocycles. The van der Waals surface area contributed by atoms with Crippen LogP contribution in [0.3, 0.4) is 0 Å². The van der Waals surface area contributed by atoms with Crippen molar-refractivity contribution < 1.29 is 4.79 Å². The Morgan fingerprint density at radius 3 is 3.11 bits per heavy atom. The summed E-state index contributed by atoms with van der Waals surface area (Å²) in [6.45, 7) is 2.52. The molecule has 0 radical (unpaired) electrons. The van der Waals surface area contributed by atoms with Crippen molar-refractivity contribution in [2.75, 3.05) is 23.7 Å². The van der Waals surface area contributed by atoms with Crippen LogP contribution in [0, 0.1) is 0 Å². The van der Waals surface area contributed by atoms with Crippen molar-refractivity contribution >= 4 is 23.4 Å². The second-order valence-corrected chi connectivity index (χ2v) is 6.11. The molecule has 0 aromatic heterocycles. The molecule has 1 aromatic rings. The van der Waals surface area contributed by atoms with Crippen LogP contribution in [0.15, 0.2) is 24.3 Å². The number of amides is 1. The molecule has 1 aromatic carbocycles. The first-order valence-electron chi connectivity index (χ1n) is 6.58. The molecule has 96 valence electrons. The normalized spacial score (nSPS) is 23.6. The number of anilines is 1. The lowest BCUT2D eigenvalue weighted by Gasteiger charge is -2.25. The smallest absolute Gasteiger partial charge is 0.240 e. The van der Waals surface area contributed by atoms with Crippen LogP contribution < -0.4 is 10.2 Å². The molecule has 1 saturated heterocycles. The highest BCUT2D eigenvalue weighted by Gasteiger charge is 2.30. The highest BCUT2D eigenvalue weighted by atomic mass is 32.2. The van der Waals surface area contributed by atoms with E-state index >= 15 is 0 Å². The van der Waals surface area contributed by atoms with Gasteiger partial charge in [0.1, 0.15) is 0 Å². The maximum absolute atomic E-state index is 12.6. The third-order valence-corrected chi connectivity index (χ3v) is 4.95. The van der Waals surface area contributed by atoms with Crippen LogP contribution >= 0.6 is 11.8 Å². The van der Waals surface area contributed by atoms with Gasteiger partial charge in [-0.1, -0.05) is 18.2 Å². The first-order chi connectivity index (χ1) is 8.86. The summed E-state index contributed by atoms with van der Waals surface area (Å²) in [5.41, 5.74) is 2.33. The number of carbonyl (C=O) groups excluding carboxylic acids is 1.